The van der Waals surface area contributed by atoms with Crippen LogP contribution in [0.1, 0.15) is 22.3 Å². The average molecular weight is 412 g/mol. The number of amides is 1. The van der Waals surface area contributed by atoms with Crippen molar-refractivity contribution >= 4 is 11.7 Å². The molecule has 0 bridgehead atoms. The minimum atomic E-state index is -0.612. The minimum Gasteiger partial charge on any atom is -0.369 e. The Balaban J connectivity index is 1.54. The summed E-state index contributed by atoms with van der Waals surface area (Å²) in [6.45, 7) is 1.80. The molecule has 0 radical (unpaired) electrons. The van der Waals surface area contributed by atoms with Gasteiger partial charge >= 0.3 is 0 Å². The largest absolute Gasteiger partial charge is 0.369 e. The Labute approximate surface area is 172 Å². The number of nitrogens with zero attached hydrogens (tertiary/aromatic N) is 2. The topological polar surface area (TPSA) is 94.7 Å². The molecule has 1 aliphatic heterocycles. The maximum atomic E-state index is 14.7. The predicted octanol–water partition coefficient (Wildman–Crippen LogP) is 2.50. The summed E-state index contributed by atoms with van der Waals surface area (Å²) in [7, 11) is 0. The number of hydrogen-bond acceptors (Lipinski definition) is 5. The number of halogens is 2. The van der Waals surface area contributed by atoms with Crippen molar-refractivity contribution in [3.8, 4) is 11.3 Å². The average Bonchev–Trinajstić information content (AvgIpc) is 3.22. The molecule has 0 spiro atoms. The fourth-order valence-electron chi connectivity index (χ4n) is 3.23. The molecular formula is C21H22F2N6O. The lowest BCUT2D eigenvalue weighted by molar-refractivity contribution is 0.0945. The second kappa shape index (κ2) is 9.00. The standard InChI is InChI=1S/C21H22F2N6O/c22-15-3-1-2-13(8-15)4-6-25-20-17(21(30)26-12-16-5-7-24-16)9-18(23)19(29-20)14-10-27-28-11-14/h1-3,8-11,16,24H,4-7,12H2,(H,25,29)(H,26,30)(H,27,28)/t16-/m1/s1. The zero-order valence-electron chi connectivity index (χ0n) is 16.2. The number of aromatic amines is 1. The number of benzene rings is 1. The number of carbonyl (C=O) groups is 1. The maximum Gasteiger partial charge on any atom is 0.255 e. The van der Waals surface area contributed by atoms with Crippen LogP contribution < -0.4 is 16.0 Å². The highest BCUT2D eigenvalue weighted by molar-refractivity contribution is 5.99. The molecule has 4 N–H and O–H groups in total. The Kier molecular flexibility index (Phi) is 5.99. The summed E-state index contributed by atoms with van der Waals surface area (Å²) in [5, 5.41) is 15.6. The zero-order valence-corrected chi connectivity index (χ0v) is 16.2. The van der Waals surface area contributed by atoms with E-state index in [1.807, 2.05) is 6.07 Å². The van der Waals surface area contributed by atoms with Crippen LogP contribution in [0.2, 0.25) is 0 Å². The molecule has 2 aromatic heterocycles. The number of anilines is 1. The maximum absolute atomic E-state index is 14.7. The van der Waals surface area contributed by atoms with E-state index in [1.54, 1.807) is 6.07 Å². The monoisotopic (exact) mass is 412 g/mol. The van der Waals surface area contributed by atoms with Crippen molar-refractivity contribution in [3.63, 3.8) is 0 Å². The minimum absolute atomic E-state index is 0.0919. The lowest BCUT2D eigenvalue weighted by Gasteiger charge is -2.27. The molecular weight excluding hydrogens is 390 g/mol. The van der Waals surface area contributed by atoms with Crippen molar-refractivity contribution in [3.05, 3.63) is 65.5 Å². The normalized spacial score (nSPS) is 15.5. The van der Waals surface area contributed by atoms with Gasteiger partial charge in [0.2, 0.25) is 0 Å². The molecule has 3 aromatic rings. The molecule has 0 aliphatic carbocycles. The van der Waals surface area contributed by atoms with E-state index in [9.17, 15) is 13.6 Å². The fraction of sp³-hybridized carbons (Fsp3) is 0.286. The van der Waals surface area contributed by atoms with E-state index in [1.165, 1.54) is 30.6 Å². The van der Waals surface area contributed by atoms with Gasteiger partial charge in [-0.3, -0.25) is 9.89 Å². The third-order valence-electron chi connectivity index (χ3n) is 5.02. The van der Waals surface area contributed by atoms with Crippen molar-refractivity contribution in [1.29, 1.82) is 0 Å². The summed E-state index contributed by atoms with van der Waals surface area (Å²) in [5.74, 6) is -1.05. The number of pyridine rings is 1. The number of nitrogens with one attached hydrogen (secondary N) is 4. The van der Waals surface area contributed by atoms with E-state index in [-0.39, 0.29) is 28.9 Å². The smallest absolute Gasteiger partial charge is 0.255 e. The molecule has 1 fully saturated rings. The van der Waals surface area contributed by atoms with Gasteiger partial charge < -0.3 is 16.0 Å². The molecule has 0 saturated carbocycles. The second-order valence-electron chi connectivity index (χ2n) is 7.16. The molecule has 4 rings (SSSR count). The van der Waals surface area contributed by atoms with E-state index in [4.69, 9.17) is 0 Å². The van der Waals surface area contributed by atoms with Crippen LogP contribution in [0.3, 0.4) is 0 Å². The SMILES string of the molecule is O=C(NC[C@H]1CCN1)c1cc(F)c(-c2cn[nH]c2)nc1NCCc1cccc(F)c1. The highest BCUT2D eigenvalue weighted by atomic mass is 19.1. The van der Waals surface area contributed by atoms with Crippen molar-refractivity contribution in [1.82, 2.24) is 25.8 Å². The van der Waals surface area contributed by atoms with E-state index in [0.717, 1.165) is 18.5 Å². The number of H-pyrrole nitrogens is 1. The molecule has 1 atom stereocenters. The molecule has 156 valence electrons. The van der Waals surface area contributed by atoms with Gasteiger partial charge in [0.25, 0.3) is 5.91 Å². The molecule has 7 nitrogen and oxygen atoms in total. The number of hydrogen-bond donors (Lipinski definition) is 4. The number of aromatic nitrogens is 3. The molecule has 0 unspecified atom stereocenters. The Bertz CT molecular complexity index is 1020. The van der Waals surface area contributed by atoms with Crippen LogP contribution in [0.5, 0.6) is 0 Å². The van der Waals surface area contributed by atoms with Gasteiger partial charge in [-0.05, 0) is 43.1 Å². The summed E-state index contributed by atoms with van der Waals surface area (Å²) in [6.07, 6.45) is 4.50. The van der Waals surface area contributed by atoms with Crippen LogP contribution in [0, 0.1) is 11.6 Å². The Morgan fingerprint density at radius 3 is 2.83 bits per heavy atom. The highest BCUT2D eigenvalue weighted by Crippen LogP contribution is 2.25. The summed E-state index contributed by atoms with van der Waals surface area (Å²) < 4.78 is 28.1. The van der Waals surface area contributed by atoms with E-state index in [0.29, 0.717) is 25.1 Å². The van der Waals surface area contributed by atoms with E-state index in [2.05, 4.69) is 31.1 Å². The molecule has 3 heterocycles. The summed E-state index contributed by atoms with van der Waals surface area (Å²) >= 11 is 0. The van der Waals surface area contributed by atoms with E-state index < -0.39 is 11.7 Å². The zero-order chi connectivity index (χ0) is 20.9. The van der Waals surface area contributed by atoms with Crippen LogP contribution in [0.4, 0.5) is 14.6 Å². The van der Waals surface area contributed by atoms with Gasteiger partial charge in [0, 0.05) is 30.9 Å². The second-order valence-corrected chi connectivity index (χ2v) is 7.16. The molecule has 1 aliphatic rings. The third-order valence-corrected chi connectivity index (χ3v) is 5.02. The van der Waals surface area contributed by atoms with Crippen LogP contribution >= 0.6 is 0 Å². The summed E-state index contributed by atoms with van der Waals surface area (Å²) in [6, 6.07) is 7.72. The van der Waals surface area contributed by atoms with Crippen molar-refractivity contribution in [2.75, 3.05) is 25.0 Å². The number of rotatable bonds is 8. The van der Waals surface area contributed by atoms with E-state index >= 15 is 0 Å². The lowest BCUT2D eigenvalue weighted by atomic mass is 10.1. The van der Waals surface area contributed by atoms with Gasteiger partial charge in [-0.15, -0.1) is 0 Å². The number of carbonyl (C=O) groups excluding carboxylic acids is 1. The summed E-state index contributed by atoms with van der Waals surface area (Å²) in [5.41, 5.74) is 1.50. The quantitative estimate of drug-likeness (QED) is 0.456. The highest BCUT2D eigenvalue weighted by Gasteiger charge is 2.21. The van der Waals surface area contributed by atoms with Gasteiger partial charge in [0.1, 0.15) is 17.3 Å². The lowest BCUT2D eigenvalue weighted by Crippen LogP contribution is -2.50. The first kappa shape index (κ1) is 20.0. The van der Waals surface area contributed by atoms with Gasteiger partial charge in [0.15, 0.2) is 5.82 Å². The van der Waals surface area contributed by atoms with Gasteiger partial charge in [-0.1, -0.05) is 12.1 Å². The Morgan fingerprint density at radius 2 is 2.13 bits per heavy atom. The summed E-state index contributed by atoms with van der Waals surface area (Å²) in [4.78, 5) is 17.0. The predicted molar refractivity (Wildman–Crippen MR) is 109 cm³/mol. The van der Waals surface area contributed by atoms with Crippen LogP contribution in [-0.2, 0) is 6.42 Å². The van der Waals surface area contributed by atoms with Crippen molar-refractivity contribution in [2.45, 2.75) is 18.9 Å². The van der Waals surface area contributed by atoms with Crippen LogP contribution in [0.15, 0.2) is 42.7 Å². The van der Waals surface area contributed by atoms with Gasteiger partial charge in [-0.25, -0.2) is 13.8 Å². The molecule has 1 aromatic carbocycles. The van der Waals surface area contributed by atoms with Gasteiger partial charge in [0.05, 0.1) is 11.8 Å². The molecule has 9 heteroatoms. The van der Waals surface area contributed by atoms with Crippen LogP contribution in [-0.4, -0.2) is 46.8 Å². The molecule has 30 heavy (non-hydrogen) atoms. The van der Waals surface area contributed by atoms with Crippen molar-refractivity contribution in [2.24, 2.45) is 0 Å². The fourth-order valence-corrected chi connectivity index (χ4v) is 3.23. The third kappa shape index (κ3) is 4.62. The molecule has 1 amide bonds. The van der Waals surface area contributed by atoms with Crippen LogP contribution in [0.25, 0.3) is 11.3 Å². The Hall–Kier alpha value is -3.33. The van der Waals surface area contributed by atoms with Crippen molar-refractivity contribution < 1.29 is 13.6 Å². The molecule has 1 saturated heterocycles. The Morgan fingerprint density at radius 1 is 1.27 bits per heavy atom. The first-order chi connectivity index (χ1) is 14.6. The first-order valence-corrected chi connectivity index (χ1v) is 9.80. The van der Waals surface area contributed by atoms with Gasteiger partial charge in [-0.2, -0.15) is 5.10 Å². The first-order valence-electron chi connectivity index (χ1n) is 9.80.